The lowest BCUT2D eigenvalue weighted by Crippen LogP contribution is -2.55. The molecule has 0 aliphatic heterocycles. The minimum atomic E-state index is -0.946. The molecule has 0 aliphatic carbocycles. The van der Waals surface area contributed by atoms with Gasteiger partial charge in [-0.15, -0.1) is 0 Å². The van der Waals surface area contributed by atoms with Gasteiger partial charge in [0.15, 0.2) is 0 Å². The first-order valence-corrected chi connectivity index (χ1v) is 12.4. The number of rotatable bonds is 18. The van der Waals surface area contributed by atoms with Crippen molar-refractivity contribution in [1.82, 2.24) is 5.32 Å². The van der Waals surface area contributed by atoms with E-state index in [1.165, 1.54) is 38.5 Å². The average Bonchev–Trinajstić information content (AvgIpc) is 2.67. The highest BCUT2D eigenvalue weighted by molar-refractivity contribution is 5.78. The largest absolute Gasteiger partial charge is 0.394 e. The number of carbonyl (C=O) groups excluding carboxylic acids is 1. The molecular formula is C26H51NO3. The molecule has 4 heteroatoms. The third kappa shape index (κ3) is 14.2. The van der Waals surface area contributed by atoms with Crippen LogP contribution in [0.5, 0.6) is 0 Å². The van der Waals surface area contributed by atoms with Gasteiger partial charge in [0.25, 0.3) is 0 Å². The standard InChI is InChI=1S/C26H51NO3/c1-7-8-9-18-25(30)27-26(6,24(29)20-28)19-12-17-23(5)16-11-15-22(4)14-10-13-21(2)3/h8-9,21-24,28-29H,7,10-20H2,1-6H3,(H,27,30). The summed E-state index contributed by atoms with van der Waals surface area (Å²) in [5.41, 5.74) is -0.781. The van der Waals surface area contributed by atoms with Crippen molar-refractivity contribution >= 4 is 5.91 Å². The van der Waals surface area contributed by atoms with E-state index in [0.29, 0.717) is 18.8 Å². The van der Waals surface area contributed by atoms with Crippen molar-refractivity contribution in [1.29, 1.82) is 0 Å². The molecule has 0 saturated heterocycles. The van der Waals surface area contributed by atoms with Crippen LogP contribution >= 0.6 is 0 Å². The van der Waals surface area contributed by atoms with Crippen LogP contribution in [-0.2, 0) is 4.79 Å². The van der Waals surface area contributed by atoms with E-state index >= 15 is 0 Å². The van der Waals surface area contributed by atoms with E-state index in [9.17, 15) is 15.0 Å². The second kappa shape index (κ2) is 16.8. The van der Waals surface area contributed by atoms with E-state index < -0.39 is 11.6 Å². The van der Waals surface area contributed by atoms with Gasteiger partial charge in [-0.3, -0.25) is 4.79 Å². The molecule has 0 spiro atoms. The first kappa shape index (κ1) is 29.1. The summed E-state index contributed by atoms with van der Waals surface area (Å²) in [7, 11) is 0. The minimum Gasteiger partial charge on any atom is -0.394 e. The van der Waals surface area contributed by atoms with E-state index in [4.69, 9.17) is 0 Å². The number of allylic oxidation sites excluding steroid dienone is 1. The Labute approximate surface area is 186 Å². The lowest BCUT2D eigenvalue weighted by Gasteiger charge is -2.35. The van der Waals surface area contributed by atoms with Crippen LogP contribution in [0.4, 0.5) is 0 Å². The van der Waals surface area contributed by atoms with Gasteiger partial charge in [-0.2, -0.15) is 0 Å². The molecule has 0 heterocycles. The third-order valence-electron chi connectivity index (χ3n) is 6.30. The topological polar surface area (TPSA) is 69.6 Å². The predicted octanol–water partition coefficient (Wildman–Crippen LogP) is 6.01. The lowest BCUT2D eigenvalue weighted by molar-refractivity contribution is -0.124. The van der Waals surface area contributed by atoms with Gasteiger partial charge in [0.05, 0.1) is 18.2 Å². The molecule has 1 amide bonds. The summed E-state index contributed by atoms with van der Waals surface area (Å²) in [5, 5.41) is 22.7. The summed E-state index contributed by atoms with van der Waals surface area (Å²) in [6.45, 7) is 12.8. The molecule has 3 N–H and O–H groups in total. The van der Waals surface area contributed by atoms with Crippen LogP contribution in [0.2, 0.25) is 0 Å². The van der Waals surface area contributed by atoms with Crippen molar-refractivity contribution in [3.8, 4) is 0 Å². The molecule has 0 aromatic carbocycles. The fourth-order valence-corrected chi connectivity index (χ4v) is 4.04. The SMILES string of the molecule is CCC=CCC(=O)NC(C)(CCCC(C)CCCC(C)CCCC(C)C)C(O)CO. The molecule has 0 radical (unpaired) electrons. The Hall–Kier alpha value is -0.870. The molecule has 0 aromatic heterocycles. The fraction of sp³-hybridized carbons (Fsp3) is 0.885. The van der Waals surface area contributed by atoms with E-state index in [2.05, 4.69) is 33.0 Å². The number of aliphatic hydroxyl groups excluding tert-OH is 2. The number of aliphatic hydroxyl groups is 2. The van der Waals surface area contributed by atoms with Gasteiger partial charge in [-0.25, -0.2) is 0 Å². The Morgan fingerprint density at radius 3 is 1.97 bits per heavy atom. The second-order valence-corrected chi connectivity index (χ2v) is 10.1. The van der Waals surface area contributed by atoms with Crippen molar-refractivity contribution in [2.45, 2.75) is 124 Å². The Morgan fingerprint density at radius 2 is 1.47 bits per heavy atom. The number of nitrogens with one attached hydrogen (secondary N) is 1. The van der Waals surface area contributed by atoms with Crippen LogP contribution in [0.15, 0.2) is 12.2 Å². The second-order valence-electron chi connectivity index (χ2n) is 10.1. The number of amides is 1. The van der Waals surface area contributed by atoms with E-state index in [1.807, 2.05) is 26.0 Å². The molecular weight excluding hydrogens is 374 g/mol. The van der Waals surface area contributed by atoms with Crippen LogP contribution in [0, 0.1) is 17.8 Å². The van der Waals surface area contributed by atoms with Crippen LogP contribution in [0.25, 0.3) is 0 Å². The van der Waals surface area contributed by atoms with Crippen molar-refractivity contribution < 1.29 is 15.0 Å². The normalized spacial score (nSPS) is 17.1. The van der Waals surface area contributed by atoms with Crippen molar-refractivity contribution in [2.24, 2.45) is 17.8 Å². The van der Waals surface area contributed by atoms with Crippen molar-refractivity contribution in [3.63, 3.8) is 0 Å². The molecule has 0 aliphatic rings. The predicted molar refractivity (Wildman–Crippen MR) is 128 cm³/mol. The Balaban J connectivity index is 4.27. The van der Waals surface area contributed by atoms with Gasteiger partial charge < -0.3 is 15.5 Å². The average molecular weight is 426 g/mol. The first-order chi connectivity index (χ1) is 14.1. The third-order valence-corrected chi connectivity index (χ3v) is 6.30. The Morgan fingerprint density at radius 1 is 0.933 bits per heavy atom. The van der Waals surface area contributed by atoms with E-state index in [1.54, 1.807) is 0 Å². The molecule has 30 heavy (non-hydrogen) atoms. The summed E-state index contributed by atoms with van der Waals surface area (Å²) >= 11 is 0. The molecule has 4 nitrogen and oxygen atoms in total. The molecule has 0 fully saturated rings. The van der Waals surface area contributed by atoms with Crippen LogP contribution in [0.1, 0.15) is 112 Å². The summed E-state index contributed by atoms with van der Waals surface area (Å²) in [6.07, 6.45) is 14.6. The first-order valence-electron chi connectivity index (χ1n) is 12.4. The summed E-state index contributed by atoms with van der Waals surface area (Å²) < 4.78 is 0. The maximum absolute atomic E-state index is 12.2. The lowest BCUT2D eigenvalue weighted by atomic mass is 9.86. The maximum Gasteiger partial charge on any atom is 0.224 e. The van der Waals surface area contributed by atoms with Gasteiger partial charge in [0.2, 0.25) is 5.91 Å². The number of hydrogen-bond acceptors (Lipinski definition) is 3. The summed E-state index contributed by atoms with van der Waals surface area (Å²) in [6, 6.07) is 0. The van der Waals surface area contributed by atoms with Gasteiger partial charge >= 0.3 is 0 Å². The Kier molecular flexibility index (Phi) is 16.3. The molecule has 4 atom stereocenters. The molecule has 0 rings (SSSR count). The zero-order chi connectivity index (χ0) is 23.0. The highest BCUT2D eigenvalue weighted by atomic mass is 16.3. The van der Waals surface area contributed by atoms with Gasteiger partial charge in [0.1, 0.15) is 0 Å². The molecule has 0 saturated carbocycles. The highest BCUT2D eigenvalue weighted by Crippen LogP contribution is 2.24. The quantitative estimate of drug-likeness (QED) is 0.236. The zero-order valence-electron chi connectivity index (χ0n) is 20.8. The minimum absolute atomic E-state index is 0.103. The molecule has 0 aromatic rings. The number of hydrogen-bond donors (Lipinski definition) is 3. The van der Waals surface area contributed by atoms with E-state index in [0.717, 1.165) is 31.1 Å². The summed E-state index contributed by atoms with van der Waals surface area (Å²) in [4.78, 5) is 12.2. The molecule has 4 unspecified atom stereocenters. The number of carbonyl (C=O) groups is 1. The Bertz CT molecular complexity index is 463. The van der Waals surface area contributed by atoms with Crippen molar-refractivity contribution in [2.75, 3.05) is 6.61 Å². The summed E-state index contributed by atoms with van der Waals surface area (Å²) in [5.74, 6) is 2.17. The van der Waals surface area contributed by atoms with E-state index in [-0.39, 0.29) is 12.5 Å². The fourth-order valence-electron chi connectivity index (χ4n) is 4.04. The zero-order valence-corrected chi connectivity index (χ0v) is 20.8. The maximum atomic E-state index is 12.2. The van der Waals surface area contributed by atoms with Gasteiger partial charge in [0, 0.05) is 6.42 Å². The van der Waals surface area contributed by atoms with Gasteiger partial charge in [-0.05, 0) is 37.5 Å². The molecule has 178 valence electrons. The monoisotopic (exact) mass is 425 g/mol. The molecule has 0 bridgehead atoms. The van der Waals surface area contributed by atoms with Gasteiger partial charge in [-0.1, -0.05) is 98.1 Å². The van der Waals surface area contributed by atoms with Crippen LogP contribution in [-0.4, -0.2) is 34.4 Å². The van der Waals surface area contributed by atoms with Crippen LogP contribution in [0.3, 0.4) is 0 Å². The smallest absolute Gasteiger partial charge is 0.224 e. The highest BCUT2D eigenvalue weighted by Gasteiger charge is 2.33. The van der Waals surface area contributed by atoms with Crippen LogP contribution < -0.4 is 5.32 Å². The van der Waals surface area contributed by atoms with Crippen molar-refractivity contribution in [3.05, 3.63) is 12.2 Å².